The molecule has 3 heteroatoms. The number of rotatable bonds is 2. The molecule has 1 aliphatic carbocycles. The number of aromatic amines is 1. The number of hydrogen-bond donors (Lipinski definition) is 1. The molecule has 0 atom stereocenters. The Morgan fingerprint density at radius 1 is 0.750 bits per heavy atom. The Morgan fingerprint density at radius 2 is 1.38 bits per heavy atom. The van der Waals surface area contributed by atoms with Crippen LogP contribution in [0.3, 0.4) is 0 Å². The summed E-state index contributed by atoms with van der Waals surface area (Å²) in [5.74, 6) is 1.22. The largest absolute Gasteiger partial charge is 0.197 e. The summed E-state index contributed by atoms with van der Waals surface area (Å²) < 4.78 is 0. The topological polar surface area (TPSA) is 41.6 Å². The van der Waals surface area contributed by atoms with E-state index in [4.69, 9.17) is 0 Å². The fourth-order valence-electron chi connectivity index (χ4n) is 3.17. The third kappa shape index (κ3) is 3.66. The number of aryl methyl sites for hydroxylation is 2. The summed E-state index contributed by atoms with van der Waals surface area (Å²) in [4.78, 5) is 0. The number of benzene rings is 2. The average Bonchev–Trinajstić information content (AvgIpc) is 3.22. The zero-order valence-corrected chi connectivity index (χ0v) is 15.1. The van der Waals surface area contributed by atoms with Crippen LogP contribution in [0.2, 0.25) is 0 Å². The maximum Gasteiger partial charge on any atom is 0.113 e. The van der Waals surface area contributed by atoms with Crippen molar-refractivity contribution in [2.24, 2.45) is 0 Å². The molecule has 0 radical (unpaired) electrons. The highest BCUT2D eigenvalue weighted by Crippen LogP contribution is 2.25. The van der Waals surface area contributed by atoms with Gasteiger partial charge in [0, 0.05) is 0 Å². The summed E-state index contributed by atoms with van der Waals surface area (Å²) in [5.41, 5.74) is 7.85. The van der Waals surface area contributed by atoms with Gasteiger partial charge in [0.1, 0.15) is 11.0 Å². The molecule has 0 amide bonds. The molecular formula is C21H27N3. The van der Waals surface area contributed by atoms with E-state index in [1.165, 1.54) is 30.4 Å². The molecule has 2 aromatic carbocycles. The summed E-state index contributed by atoms with van der Waals surface area (Å²) in [5, 5.41) is 10.6. The van der Waals surface area contributed by atoms with Crippen LogP contribution in [-0.4, -0.2) is 15.4 Å². The van der Waals surface area contributed by atoms with Gasteiger partial charge in [0.05, 0.1) is 0 Å². The normalized spacial score (nSPS) is 13.2. The highest BCUT2D eigenvalue weighted by atomic mass is 15.3. The van der Waals surface area contributed by atoms with Gasteiger partial charge in [-0.2, -0.15) is 15.4 Å². The molecule has 24 heavy (non-hydrogen) atoms. The molecule has 0 saturated heterocycles. The minimum Gasteiger partial charge on any atom is -0.197 e. The standard InChI is InChI=1S/C12H16.C9H11N3/c1-9(2)11-7-6-10-4-3-5-12(10)8-11;1-6(2)7-3-4-8-9(5-7)11-12-10-8/h6-9H,3-5H2,1-2H3;3-6H,1-2H3,(H,10,11,12). The predicted octanol–water partition coefficient (Wildman–Crippen LogP) is 5.38. The van der Waals surface area contributed by atoms with Gasteiger partial charge in [0.15, 0.2) is 0 Å². The highest BCUT2D eigenvalue weighted by Gasteiger charge is 2.11. The van der Waals surface area contributed by atoms with Crippen LogP contribution in [0.1, 0.15) is 68.2 Å². The molecule has 1 heterocycles. The average molecular weight is 321 g/mol. The second-order valence-corrected chi connectivity index (χ2v) is 7.26. The Balaban J connectivity index is 0.000000141. The molecule has 0 saturated carbocycles. The van der Waals surface area contributed by atoms with Crippen LogP contribution in [-0.2, 0) is 12.8 Å². The van der Waals surface area contributed by atoms with E-state index >= 15 is 0 Å². The van der Waals surface area contributed by atoms with E-state index in [0.29, 0.717) is 11.8 Å². The fraction of sp³-hybridized carbons (Fsp3) is 0.429. The molecule has 0 aliphatic heterocycles. The smallest absolute Gasteiger partial charge is 0.113 e. The molecule has 4 rings (SSSR count). The van der Waals surface area contributed by atoms with Crippen molar-refractivity contribution in [2.45, 2.75) is 58.8 Å². The van der Waals surface area contributed by atoms with E-state index in [2.05, 4.69) is 73.4 Å². The molecule has 0 bridgehead atoms. The third-order valence-electron chi connectivity index (χ3n) is 4.80. The lowest BCUT2D eigenvalue weighted by atomic mass is 9.99. The predicted molar refractivity (Wildman–Crippen MR) is 101 cm³/mol. The first-order valence-electron chi connectivity index (χ1n) is 8.96. The maximum absolute atomic E-state index is 4.03. The van der Waals surface area contributed by atoms with Crippen molar-refractivity contribution in [2.75, 3.05) is 0 Å². The van der Waals surface area contributed by atoms with Gasteiger partial charge < -0.3 is 0 Å². The van der Waals surface area contributed by atoms with Gasteiger partial charge in [-0.3, -0.25) is 0 Å². The van der Waals surface area contributed by atoms with E-state index in [1.807, 2.05) is 6.07 Å². The monoisotopic (exact) mass is 321 g/mol. The van der Waals surface area contributed by atoms with Crippen LogP contribution in [0, 0.1) is 0 Å². The van der Waals surface area contributed by atoms with Gasteiger partial charge >= 0.3 is 0 Å². The second-order valence-electron chi connectivity index (χ2n) is 7.26. The number of fused-ring (bicyclic) bond motifs is 2. The number of hydrogen-bond acceptors (Lipinski definition) is 2. The summed E-state index contributed by atoms with van der Waals surface area (Å²) in [6.07, 6.45) is 3.96. The number of aromatic nitrogens is 3. The van der Waals surface area contributed by atoms with Crippen molar-refractivity contribution in [3.63, 3.8) is 0 Å². The Morgan fingerprint density at radius 3 is 2.12 bits per heavy atom. The molecule has 126 valence electrons. The Bertz CT molecular complexity index is 815. The molecule has 3 nitrogen and oxygen atoms in total. The van der Waals surface area contributed by atoms with Crippen molar-refractivity contribution in [1.29, 1.82) is 0 Å². The molecule has 0 unspecified atom stereocenters. The van der Waals surface area contributed by atoms with E-state index in [0.717, 1.165) is 11.0 Å². The van der Waals surface area contributed by atoms with Crippen molar-refractivity contribution >= 4 is 11.0 Å². The highest BCUT2D eigenvalue weighted by molar-refractivity contribution is 5.74. The first kappa shape index (κ1) is 16.7. The molecule has 1 aromatic heterocycles. The van der Waals surface area contributed by atoms with Gasteiger partial charge in [-0.1, -0.05) is 52.0 Å². The molecule has 1 N–H and O–H groups in total. The van der Waals surface area contributed by atoms with Gasteiger partial charge in [-0.25, -0.2) is 0 Å². The van der Waals surface area contributed by atoms with Crippen LogP contribution in [0.15, 0.2) is 36.4 Å². The van der Waals surface area contributed by atoms with Crippen LogP contribution >= 0.6 is 0 Å². The fourth-order valence-corrected chi connectivity index (χ4v) is 3.17. The van der Waals surface area contributed by atoms with E-state index in [-0.39, 0.29) is 0 Å². The Labute approximate surface area is 144 Å². The Hall–Kier alpha value is -2.16. The third-order valence-corrected chi connectivity index (χ3v) is 4.80. The van der Waals surface area contributed by atoms with E-state index in [9.17, 15) is 0 Å². The number of H-pyrrole nitrogens is 1. The quantitative estimate of drug-likeness (QED) is 0.688. The zero-order chi connectivity index (χ0) is 17.1. The van der Waals surface area contributed by atoms with Crippen molar-refractivity contribution < 1.29 is 0 Å². The zero-order valence-electron chi connectivity index (χ0n) is 15.1. The van der Waals surface area contributed by atoms with Crippen molar-refractivity contribution in [3.05, 3.63) is 58.7 Å². The molecule has 3 aromatic rings. The first-order chi connectivity index (χ1) is 11.5. The number of nitrogens with one attached hydrogen (secondary N) is 1. The van der Waals surface area contributed by atoms with Crippen molar-refractivity contribution in [1.82, 2.24) is 15.4 Å². The van der Waals surface area contributed by atoms with Crippen LogP contribution in [0.4, 0.5) is 0 Å². The van der Waals surface area contributed by atoms with Crippen molar-refractivity contribution in [3.8, 4) is 0 Å². The lowest BCUT2D eigenvalue weighted by molar-refractivity contribution is 0.862. The summed E-state index contributed by atoms with van der Waals surface area (Å²) in [6.45, 7) is 8.86. The molecular weight excluding hydrogens is 294 g/mol. The van der Waals surface area contributed by atoms with Gasteiger partial charge in [0.25, 0.3) is 0 Å². The lowest BCUT2D eigenvalue weighted by Crippen LogP contribution is -1.90. The van der Waals surface area contributed by atoms with E-state index < -0.39 is 0 Å². The van der Waals surface area contributed by atoms with Gasteiger partial charge in [-0.05, 0) is 65.5 Å². The van der Waals surface area contributed by atoms with Gasteiger partial charge in [0.2, 0.25) is 0 Å². The molecule has 0 fully saturated rings. The number of nitrogens with zero attached hydrogens (tertiary/aromatic N) is 2. The Kier molecular flexibility index (Phi) is 4.98. The first-order valence-corrected chi connectivity index (χ1v) is 8.96. The minimum atomic E-state index is 0.547. The summed E-state index contributed by atoms with van der Waals surface area (Å²) >= 11 is 0. The molecule has 1 aliphatic rings. The SMILES string of the molecule is CC(C)c1ccc2c(c1)CCC2.CC(C)c1ccc2n[nH]nc2c1. The van der Waals surface area contributed by atoms with Crippen LogP contribution < -0.4 is 0 Å². The van der Waals surface area contributed by atoms with Gasteiger partial charge in [-0.15, -0.1) is 0 Å². The summed E-state index contributed by atoms with van der Waals surface area (Å²) in [7, 11) is 0. The lowest BCUT2D eigenvalue weighted by Gasteiger charge is -2.07. The second kappa shape index (κ2) is 7.16. The molecule has 0 spiro atoms. The minimum absolute atomic E-state index is 0.547. The van der Waals surface area contributed by atoms with Crippen LogP contribution in [0.5, 0.6) is 0 Å². The van der Waals surface area contributed by atoms with Crippen LogP contribution in [0.25, 0.3) is 11.0 Å². The van der Waals surface area contributed by atoms with E-state index in [1.54, 1.807) is 11.1 Å². The summed E-state index contributed by atoms with van der Waals surface area (Å²) in [6, 6.07) is 13.2. The maximum atomic E-state index is 4.03.